The molecule has 1 unspecified atom stereocenters. The maximum atomic E-state index is 9.50. The van der Waals surface area contributed by atoms with Crippen molar-refractivity contribution in [2.45, 2.75) is 38.4 Å². The van der Waals surface area contributed by atoms with Gasteiger partial charge in [-0.1, -0.05) is 6.07 Å². The van der Waals surface area contributed by atoms with Crippen LogP contribution in [-0.2, 0) is 6.42 Å². The molecule has 0 amide bonds. The predicted molar refractivity (Wildman–Crippen MR) is 79.5 cm³/mol. The van der Waals surface area contributed by atoms with Crippen LogP contribution in [0.5, 0.6) is 11.5 Å². The van der Waals surface area contributed by atoms with E-state index in [-0.39, 0.29) is 12.2 Å². The van der Waals surface area contributed by atoms with Crippen molar-refractivity contribution >= 4 is 0 Å². The summed E-state index contributed by atoms with van der Waals surface area (Å²) in [5.41, 5.74) is 1.07. The fourth-order valence-electron chi connectivity index (χ4n) is 2.56. The van der Waals surface area contributed by atoms with Crippen molar-refractivity contribution in [1.82, 2.24) is 4.90 Å². The molecule has 1 aliphatic heterocycles. The number of hydrogen-bond acceptors (Lipinski definition) is 4. The lowest BCUT2D eigenvalue weighted by molar-refractivity contribution is 0.111. The van der Waals surface area contributed by atoms with Crippen LogP contribution in [-0.4, -0.2) is 49.5 Å². The lowest BCUT2D eigenvalue weighted by atomic mass is 10.1. The van der Waals surface area contributed by atoms with Crippen LogP contribution in [0.15, 0.2) is 18.2 Å². The summed E-state index contributed by atoms with van der Waals surface area (Å²) in [4.78, 5) is 2.32. The van der Waals surface area contributed by atoms with Crippen LogP contribution in [0.2, 0.25) is 0 Å². The van der Waals surface area contributed by atoms with Crippen molar-refractivity contribution in [3.8, 4) is 11.5 Å². The van der Waals surface area contributed by atoms with Gasteiger partial charge in [0.25, 0.3) is 0 Å². The molecule has 2 rings (SSSR count). The second kappa shape index (κ2) is 6.95. The first-order valence-corrected chi connectivity index (χ1v) is 7.28. The molecule has 1 saturated heterocycles. The summed E-state index contributed by atoms with van der Waals surface area (Å²) in [6.45, 7) is 3.93. The molecule has 1 aliphatic rings. The molecule has 1 fully saturated rings. The van der Waals surface area contributed by atoms with E-state index in [9.17, 15) is 5.11 Å². The van der Waals surface area contributed by atoms with Gasteiger partial charge >= 0.3 is 0 Å². The molecule has 0 radical (unpaired) electrons. The number of aliphatic hydroxyl groups is 1. The Labute approximate surface area is 121 Å². The number of rotatable bonds is 5. The van der Waals surface area contributed by atoms with Crippen molar-refractivity contribution in [2.24, 2.45) is 0 Å². The summed E-state index contributed by atoms with van der Waals surface area (Å²) in [7, 11) is 3.80. The molecule has 4 heteroatoms. The molecule has 1 aromatic carbocycles. The normalized spacial score (nSPS) is 18.8. The number of ether oxygens (including phenoxy) is 2. The van der Waals surface area contributed by atoms with Crippen LogP contribution in [0, 0.1) is 0 Å². The first kappa shape index (κ1) is 15.1. The van der Waals surface area contributed by atoms with E-state index in [0.717, 1.165) is 43.0 Å². The summed E-state index contributed by atoms with van der Waals surface area (Å²) < 4.78 is 11.5. The molecule has 20 heavy (non-hydrogen) atoms. The summed E-state index contributed by atoms with van der Waals surface area (Å²) in [6.07, 6.45) is 2.62. The summed E-state index contributed by atoms with van der Waals surface area (Å²) >= 11 is 0. The van der Waals surface area contributed by atoms with Gasteiger partial charge in [-0.05, 0) is 50.9 Å². The largest absolute Gasteiger partial charge is 0.493 e. The standard InChI is InChI=1S/C16H25NO3/c1-12(18)10-13-4-5-15(19-3)16(11-13)20-14-6-8-17(2)9-7-14/h4-5,11-12,14,18H,6-10H2,1-3H3. The highest BCUT2D eigenvalue weighted by Gasteiger charge is 2.19. The highest BCUT2D eigenvalue weighted by molar-refractivity contribution is 5.43. The second-order valence-electron chi connectivity index (χ2n) is 5.66. The molecule has 1 heterocycles. The molecule has 1 aromatic rings. The second-order valence-corrected chi connectivity index (χ2v) is 5.66. The van der Waals surface area contributed by atoms with E-state index >= 15 is 0 Å². The van der Waals surface area contributed by atoms with Gasteiger partial charge in [0.1, 0.15) is 6.10 Å². The third-order valence-corrected chi connectivity index (χ3v) is 3.72. The lowest BCUT2D eigenvalue weighted by Gasteiger charge is -2.29. The molecular formula is C16H25NO3. The number of hydrogen-bond donors (Lipinski definition) is 1. The van der Waals surface area contributed by atoms with Crippen LogP contribution in [0.1, 0.15) is 25.3 Å². The van der Waals surface area contributed by atoms with Crippen molar-refractivity contribution < 1.29 is 14.6 Å². The van der Waals surface area contributed by atoms with E-state index in [4.69, 9.17) is 9.47 Å². The highest BCUT2D eigenvalue weighted by atomic mass is 16.5. The first-order chi connectivity index (χ1) is 9.58. The minimum Gasteiger partial charge on any atom is -0.493 e. The Hall–Kier alpha value is -1.26. The van der Waals surface area contributed by atoms with Gasteiger partial charge in [0, 0.05) is 13.1 Å². The molecule has 1 N–H and O–H groups in total. The van der Waals surface area contributed by atoms with Crippen LogP contribution in [0.25, 0.3) is 0 Å². The van der Waals surface area contributed by atoms with Crippen LogP contribution in [0.3, 0.4) is 0 Å². The molecule has 0 spiro atoms. The van der Waals surface area contributed by atoms with E-state index in [2.05, 4.69) is 11.9 Å². The van der Waals surface area contributed by atoms with E-state index in [1.165, 1.54) is 0 Å². The molecule has 0 aromatic heterocycles. The Kier molecular flexibility index (Phi) is 5.26. The van der Waals surface area contributed by atoms with Crippen molar-refractivity contribution in [2.75, 3.05) is 27.2 Å². The van der Waals surface area contributed by atoms with Crippen molar-refractivity contribution in [3.63, 3.8) is 0 Å². The van der Waals surface area contributed by atoms with Gasteiger partial charge in [-0.25, -0.2) is 0 Å². The number of likely N-dealkylation sites (tertiary alicyclic amines) is 1. The van der Waals surface area contributed by atoms with Crippen LogP contribution >= 0.6 is 0 Å². The van der Waals surface area contributed by atoms with Gasteiger partial charge in [-0.3, -0.25) is 0 Å². The van der Waals surface area contributed by atoms with Gasteiger partial charge in [0.05, 0.1) is 13.2 Å². The van der Waals surface area contributed by atoms with Gasteiger partial charge in [0.15, 0.2) is 11.5 Å². The smallest absolute Gasteiger partial charge is 0.161 e. The number of methoxy groups -OCH3 is 1. The van der Waals surface area contributed by atoms with Crippen LogP contribution in [0.4, 0.5) is 0 Å². The molecule has 112 valence electrons. The SMILES string of the molecule is COc1ccc(CC(C)O)cc1OC1CCN(C)CC1. The van der Waals surface area contributed by atoms with Crippen molar-refractivity contribution in [3.05, 3.63) is 23.8 Å². The Balaban J connectivity index is 2.07. The highest BCUT2D eigenvalue weighted by Crippen LogP contribution is 2.31. The number of aliphatic hydroxyl groups excluding tert-OH is 1. The quantitative estimate of drug-likeness (QED) is 0.896. The fourth-order valence-corrected chi connectivity index (χ4v) is 2.56. The van der Waals surface area contributed by atoms with Crippen molar-refractivity contribution in [1.29, 1.82) is 0 Å². The van der Waals surface area contributed by atoms with E-state index in [0.29, 0.717) is 6.42 Å². The first-order valence-electron chi connectivity index (χ1n) is 7.28. The van der Waals surface area contributed by atoms with Gasteiger partial charge < -0.3 is 19.5 Å². The third-order valence-electron chi connectivity index (χ3n) is 3.72. The monoisotopic (exact) mass is 279 g/mol. The summed E-state index contributed by atoms with van der Waals surface area (Å²) in [5, 5.41) is 9.50. The zero-order valence-corrected chi connectivity index (χ0v) is 12.6. The van der Waals surface area contributed by atoms with E-state index < -0.39 is 0 Å². The summed E-state index contributed by atoms with van der Waals surface area (Å²) in [6, 6.07) is 5.89. The molecular weight excluding hydrogens is 254 g/mol. The van der Waals surface area contributed by atoms with Gasteiger partial charge in [0.2, 0.25) is 0 Å². The number of benzene rings is 1. The van der Waals surface area contributed by atoms with Gasteiger partial charge in [-0.2, -0.15) is 0 Å². The molecule has 1 atom stereocenters. The Morgan fingerprint density at radius 1 is 1.30 bits per heavy atom. The average Bonchev–Trinajstić information content (AvgIpc) is 2.41. The maximum absolute atomic E-state index is 9.50. The molecule has 0 bridgehead atoms. The van der Waals surface area contributed by atoms with Crippen LogP contribution < -0.4 is 9.47 Å². The maximum Gasteiger partial charge on any atom is 0.161 e. The topological polar surface area (TPSA) is 41.9 Å². The van der Waals surface area contributed by atoms with E-state index in [1.54, 1.807) is 14.0 Å². The molecule has 0 aliphatic carbocycles. The zero-order chi connectivity index (χ0) is 14.5. The summed E-state index contributed by atoms with van der Waals surface area (Å²) in [5.74, 6) is 1.55. The van der Waals surface area contributed by atoms with E-state index in [1.807, 2.05) is 18.2 Å². The lowest BCUT2D eigenvalue weighted by Crippen LogP contribution is -2.35. The number of piperidine rings is 1. The Morgan fingerprint density at radius 2 is 2.00 bits per heavy atom. The predicted octanol–water partition coefficient (Wildman–Crippen LogP) is 2.09. The minimum atomic E-state index is -0.348. The number of nitrogens with zero attached hydrogens (tertiary/aromatic N) is 1. The molecule has 0 saturated carbocycles. The fraction of sp³-hybridized carbons (Fsp3) is 0.625. The molecule has 4 nitrogen and oxygen atoms in total. The average molecular weight is 279 g/mol. The van der Waals surface area contributed by atoms with Gasteiger partial charge in [-0.15, -0.1) is 0 Å². The zero-order valence-electron chi connectivity index (χ0n) is 12.6. The Morgan fingerprint density at radius 3 is 2.60 bits per heavy atom. The minimum absolute atomic E-state index is 0.252. The Bertz CT molecular complexity index is 426. The third kappa shape index (κ3) is 4.12.